The van der Waals surface area contributed by atoms with Crippen LogP contribution in [0.2, 0.25) is 0 Å². The first-order valence-corrected chi connectivity index (χ1v) is 12.0. The number of hydrogen-bond acceptors (Lipinski definition) is 4. The van der Waals surface area contributed by atoms with Crippen LogP contribution in [0.15, 0.2) is 61.2 Å². The molecule has 172 valence electrons. The van der Waals surface area contributed by atoms with Crippen molar-refractivity contribution < 1.29 is 4.79 Å². The minimum absolute atomic E-state index is 0.0389. The molecule has 6 rings (SSSR count). The van der Waals surface area contributed by atoms with E-state index in [9.17, 15) is 4.79 Å². The molecule has 33 heavy (non-hydrogen) atoms. The molecule has 7 nitrogen and oxygen atoms in total. The molecule has 7 heteroatoms. The van der Waals surface area contributed by atoms with Gasteiger partial charge in [0.25, 0.3) is 0 Å². The molecule has 2 atom stereocenters. The zero-order valence-corrected chi connectivity index (χ0v) is 19.2. The Morgan fingerprint density at radius 2 is 1.91 bits per heavy atom. The number of rotatable bonds is 7. The van der Waals surface area contributed by atoms with E-state index in [0.29, 0.717) is 18.5 Å². The minimum atomic E-state index is -0.0389. The van der Waals surface area contributed by atoms with E-state index in [-0.39, 0.29) is 11.9 Å². The third-order valence-electron chi connectivity index (χ3n) is 7.25. The Balaban J connectivity index is 1.18. The van der Waals surface area contributed by atoms with Crippen LogP contribution in [0, 0.1) is 5.92 Å². The summed E-state index contributed by atoms with van der Waals surface area (Å²) >= 11 is 0. The summed E-state index contributed by atoms with van der Waals surface area (Å²) in [4.78, 5) is 19.0. The van der Waals surface area contributed by atoms with Crippen LogP contribution >= 0.6 is 0 Å². The normalized spacial score (nSPS) is 22.6. The van der Waals surface area contributed by atoms with Gasteiger partial charge in [-0.25, -0.2) is 14.5 Å². The smallest absolute Gasteiger partial charge is 0.315 e. The van der Waals surface area contributed by atoms with Gasteiger partial charge in [-0.15, -0.1) is 0 Å². The van der Waals surface area contributed by atoms with E-state index in [2.05, 4.69) is 81.1 Å². The van der Waals surface area contributed by atoms with E-state index in [1.165, 1.54) is 48.9 Å². The fourth-order valence-corrected chi connectivity index (χ4v) is 5.28. The molecule has 0 aliphatic carbocycles. The maximum atomic E-state index is 12.5. The molecule has 2 N–H and O–H groups in total. The summed E-state index contributed by atoms with van der Waals surface area (Å²) in [6, 6.07) is 17.2. The van der Waals surface area contributed by atoms with Crippen molar-refractivity contribution in [3.8, 4) is 5.69 Å². The predicted molar refractivity (Wildman–Crippen MR) is 129 cm³/mol. The van der Waals surface area contributed by atoms with Crippen LogP contribution in [0.25, 0.3) is 5.69 Å². The largest absolute Gasteiger partial charge is 0.338 e. The number of carbonyl (C=O) groups excluding carboxylic acids is 1. The first kappa shape index (κ1) is 21.6. The number of benzene rings is 2. The molecule has 0 spiro atoms. The van der Waals surface area contributed by atoms with Gasteiger partial charge in [-0.3, -0.25) is 0 Å². The van der Waals surface area contributed by atoms with Crippen molar-refractivity contribution in [2.24, 2.45) is 5.92 Å². The van der Waals surface area contributed by atoms with Gasteiger partial charge in [-0.2, -0.15) is 5.10 Å². The summed E-state index contributed by atoms with van der Waals surface area (Å²) in [7, 11) is 0. The fraction of sp³-hybridized carbons (Fsp3) is 0.423. The Morgan fingerprint density at radius 1 is 1.12 bits per heavy atom. The van der Waals surface area contributed by atoms with Crippen molar-refractivity contribution in [2.45, 2.75) is 38.1 Å². The van der Waals surface area contributed by atoms with Crippen molar-refractivity contribution in [1.29, 1.82) is 0 Å². The zero-order valence-electron chi connectivity index (χ0n) is 19.2. The molecule has 0 unspecified atom stereocenters. The molecule has 2 amide bonds. The number of piperidine rings is 3. The van der Waals surface area contributed by atoms with Gasteiger partial charge >= 0.3 is 6.03 Å². The van der Waals surface area contributed by atoms with Crippen LogP contribution in [0.1, 0.15) is 42.4 Å². The van der Waals surface area contributed by atoms with Crippen molar-refractivity contribution in [3.05, 3.63) is 77.9 Å². The molecule has 3 aliphatic heterocycles. The number of carbonyl (C=O) groups is 1. The molecular formula is C26H32N6O. The molecular weight excluding hydrogens is 412 g/mol. The van der Waals surface area contributed by atoms with Crippen LogP contribution in [0.3, 0.4) is 0 Å². The van der Waals surface area contributed by atoms with Crippen molar-refractivity contribution >= 4 is 6.03 Å². The quantitative estimate of drug-likeness (QED) is 0.586. The molecule has 2 bridgehead atoms. The highest BCUT2D eigenvalue weighted by atomic mass is 16.2. The van der Waals surface area contributed by atoms with Crippen LogP contribution in [-0.4, -0.2) is 57.9 Å². The van der Waals surface area contributed by atoms with Crippen molar-refractivity contribution in [2.75, 3.05) is 26.2 Å². The van der Waals surface area contributed by atoms with Gasteiger partial charge in [-0.1, -0.05) is 43.3 Å². The number of nitrogens with one attached hydrogen (secondary N) is 2. The first-order chi connectivity index (χ1) is 16.2. The number of urea groups is 1. The molecule has 3 saturated heterocycles. The highest BCUT2D eigenvalue weighted by Crippen LogP contribution is 2.28. The highest BCUT2D eigenvalue weighted by molar-refractivity contribution is 5.74. The Labute approximate surface area is 195 Å². The van der Waals surface area contributed by atoms with E-state index >= 15 is 0 Å². The van der Waals surface area contributed by atoms with E-state index in [1.54, 1.807) is 11.0 Å². The van der Waals surface area contributed by atoms with Crippen molar-refractivity contribution in [1.82, 2.24) is 30.3 Å². The molecule has 3 aliphatic rings. The molecule has 3 fully saturated rings. The monoisotopic (exact) mass is 444 g/mol. The van der Waals surface area contributed by atoms with Gasteiger partial charge in [0, 0.05) is 25.0 Å². The number of aromatic nitrogens is 3. The minimum Gasteiger partial charge on any atom is -0.338 e. The van der Waals surface area contributed by atoms with Gasteiger partial charge in [-0.05, 0) is 67.1 Å². The SMILES string of the molecule is C[C@H](c1ccc(-n2cncn2)cc1)c1ccccc1CCNC(=O)N[C@@H]1CN2CCC1CC2. The van der Waals surface area contributed by atoms with Gasteiger partial charge in [0.15, 0.2) is 0 Å². The molecule has 3 aromatic rings. The number of amides is 2. The van der Waals surface area contributed by atoms with Gasteiger partial charge in [0.1, 0.15) is 12.7 Å². The Hall–Kier alpha value is -3.19. The topological polar surface area (TPSA) is 75.1 Å². The summed E-state index contributed by atoms with van der Waals surface area (Å²) in [5, 5.41) is 10.5. The Kier molecular flexibility index (Phi) is 6.39. The standard InChI is InChI=1S/C26H32N6O/c1-19(20-6-8-23(9-7-20)32-18-27-17-29-32)24-5-3-2-4-21(24)10-13-28-26(33)30-25-16-31-14-11-22(25)12-15-31/h2-9,17-19,22,25H,10-16H2,1H3,(H2,28,30,33)/t19-,25-/m1/s1. The lowest BCUT2D eigenvalue weighted by molar-refractivity contribution is 0.0766. The van der Waals surface area contributed by atoms with Gasteiger partial charge in [0.2, 0.25) is 0 Å². The van der Waals surface area contributed by atoms with Crippen LogP contribution in [-0.2, 0) is 6.42 Å². The molecule has 0 radical (unpaired) electrons. The van der Waals surface area contributed by atoms with Crippen LogP contribution in [0.5, 0.6) is 0 Å². The number of nitrogens with zero attached hydrogens (tertiary/aromatic N) is 4. The lowest BCUT2D eigenvalue weighted by atomic mass is 9.84. The third-order valence-corrected chi connectivity index (χ3v) is 7.25. The van der Waals surface area contributed by atoms with E-state index in [0.717, 1.165) is 18.7 Å². The second-order valence-corrected chi connectivity index (χ2v) is 9.25. The van der Waals surface area contributed by atoms with Crippen molar-refractivity contribution in [3.63, 3.8) is 0 Å². The number of fused-ring (bicyclic) bond motifs is 3. The van der Waals surface area contributed by atoms with Gasteiger partial charge in [0.05, 0.1) is 5.69 Å². The molecule has 2 aromatic carbocycles. The molecule has 0 saturated carbocycles. The second kappa shape index (κ2) is 9.75. The maximum absolute atomic E-state index is 12.5. The average Bonchev–Trinajstić information content (AvgIpc) is 3.40. The lowest BCUT2D eigenvalue weighted by Gasteiger charge is -2.44. The lowest BCUT2D eigenvalue weighted by Crippen LogP contribution is -2.58. The maximum Gasteiger partial charge on any atom is 0.315 e. The zero-order chi connectivity index (χ0) is 22.6. The summed E-state index contributed by atoms with van der Waals surface area (Å²) < 4.78 is 1.76. The summed E-state index contributed by atoms with van der Waals surface area (Å²) in [5.74, 6) is 0.893. The number of hydrogen-bond donors (Lipinski definition) is 2. The van der Waals surface area contributed by atoms with E-state index in [4.69, 9.17) is 0 Å². The summed E-state index contributed by atoms with van der Waals surface area (Å²) in [5.41, 5.74) is 4.81. The Morgan fingerprint density at radius 3 is 2.61 bits per heavy atom. The van der Waals surface area contributed by atoms with Crippen LogP contribution in [0.4, 0.5) is 4.79 Å². The Bertz CT molecular complexity index is 1060. The summed E-state index contributed by atoms with van der Waals surface area (Å²) in [6.07, 6.45) is 6.46. The van der Waals surface area contributed by atoms with E-state index in [1.807, 2.05) is 0 Å². The third kappa shape index (κ3) is 4.93. The second-order valence-electron chi connectivity index (χ2n) is 9.25. The summed E-state index contributed by atoms with van der Waals surface area (Å²) in [6.45, 7) is 6.22. The molecule has 4 heterocycles. The highest BCUT2D eigenvalue weighted by Gasteiger charge is 2.34. The van der Waals surface area contributed by atoms with Crippen LogP contribution < -0.4 is 10.6 Å². The average molecular weight is 445 g/mol. The van der Waals surface area contributed by atoms with E-state index < -0.39 is 0 Å². The van der Waals surface area contributed by atoms with Gasteiger partial charge < -0.3 is 15.5 Å². The predicted octanol–water partition coefficient (Wildman–Crippen LogP) is 3.36. The fourth-order valence-electron chi connectivity index (χ4n) is 5.28. The first-order valence-electron chi connectivity index (χ1n) is 12.0. The molecule has 1 aromatic heterocycles.